The Labute approximate surface area is 185 Å². The topological polar surface area (TPSA) is 80.3 Å². The number of halogens is 2. The highest BCUT2D eigenvalue weighted by molar-refractivity contribution is 7.14. The van der Waals surface area contributed by atoms with E-state index in [9.17, 15) is 9.59 Å². The summed E-state index contributed by atoms with van der Waals surface area (Å²) >= 11 is 14.9. The van der Waals surface area contributed by atoms with E-state index >= 15 is 0 Å². The van der Waals surface area contributed by atoms with E-state index in [0.717, 1.165) is 10.6 Å². The summed E-state index contributed by atoms with van der Waals surface area (Å²) in [6.45, 7) is 0.312. The van der Waals surface area contributed by atoms with Gasteiger partial charge in [-0.05, 0) is 36.1 Å². The summed E-state index contributed by atoms with van der Waals surface area (Å²) in [6.07, 6.45) is 0.764. The Kier molecular flexibility index (Phi) is 7.88. The van der Waals surface area contributed by atoms with Crippen LogP contribution in [0.15, 0.2) is 40.4 Å². The maximum Gasteiger partial charge on any atom is 0.244 e. The molecule has 0 atom stereocenters. The summed E-state index contributed by atoms with van der Waals surface area (Å²) < 4.78 is 5.52. The average Bonchev–Trinajstić information content (AvgIpc) is 3.36. The van der Waals surface area contributed by atoms with Gasteiger partial charge in [-0.1, -0.05) is 23.2 Å². The van der Waals surface area contributed by atoms with Crippen molar-refractivity contribution in [1.29, 1.82) is 0 Å². The molecule has 0 saturated carbocycles. The number of thiophene rings is 1. The van der Waals surface area contributed by atoms with Gasteiger partial charge in [-0.2, -0.15) is 11.3 Å². The molecule has 2 N–H and O–H groups in total. The smallest absolute Gasteiger partial charge is 0.244 e. The van der Waals surface area contributed by atoms with E-state index in [1.807, 2.05) is 22.2 Å². The van der Waals surface area contributed by atoms with E-state index in [0.29, 0.717) is 34.5 Å². The third-order valence-electron chi connectivity index (χ3n) is 3.70. The number of thiazole rings is 1. The Morgan fingerprint density at radius 1 is 1.10 bits per heavy atom. The molecule has 6 nitrogen and oxygen atoms in total. The zero-order chi connectivity index (χ0) is 20.6. The van der Waals surface area contributed by atoms with E-state index in [2.05, 4.69) is 15.8 Å². The fourth-order valence-electron chi connectivity index (χ4n) is 2.32. The summed E-state index contributed by atoms with van der Waals surface area (Å²) in [4.78, 5) is 28.3. The molecule has 2 amide bonds. The first-order valence-electron chi connectivity index (χ1n) is 8.64. The first-order chi connectivity index (χ1) is 14.0. The largest absolute Gasteiger partial charge is 0.492 e. The molecule has 0 aliphatic rings. The molecule has 29 heavy (non-hydrogen) atoms. The average molecular weight is 470 g/mol. The predicted octanol–water partition coefficient (Wildman–Crippen LogP) is 4.73. The van der Waals surface area contributed by atoms with Gasteiger partial charge in [0, 0.05) is 27.8 Å². The number of carbonyl (C=O) groups excluding carboxylic acids is 2. The molecular weight excluding hydrogens is 453 g/mol. The zero-order valence-electron chi connectivity index (χ0n) is 15.1. The van der Waals surface area contributed by atoms with Crippen LogP contribution in [0, 0.1) is 0 Å². The van der Waals surface area contributed by atoms with Crippen LogP contribution in [0.25, 0.3) is 10.6 Å². The van der Waals surface area contributed by atoms with Gasteiger partial charge < -0.3 is 4.74 Å². The molecule has 0 fully saturated rings. The molecular formula is C19H17Cl2N3O3S2. The van der Waals surface area contributed by atoms with Gasteiger partial charge in [-0.25, -0.2) is 4.98 Å². The van der Waals surface area contributed by atoms with Crippen LogP contribution < -0.4 is 15.6 Å². The van der Waals surface area contributed by atoms with Crippen molar-refractivity contribution >= 4 is 57.7 Å². The van der Waals surface area contributed by atoms with E-state index in [4.69, 9.17) is 27.9 Å². The second kappa shape index (κ2) is 10.6. The molecule has 0 saturated heterocycles. The summed E-state index contributed by atoms with van der Waals surface area (Å²) in [5.41, 5.74) is 6.50. The van der Waals surface area contributed by atoms with E-state index < -0.39 is 0 Å². The Bertz CT molecular complexity index is 977. The minimum Gasteiger partial charge on any atom is -0.492 e. The quantitative estimate of drug-likeness (QED) is 0.369. The summed E-state index contributed by atoms with van der Waals surface area (Å²) in [5, 5.41) is 7.64. The molecule has 0 bridgehead atoms. The molecule has 2 aromatic heterocycles. The lowest BCUT2D eigenvalue weighted by Gasteiger charge is -2.09. The monoisotopic (exact) mass is 469 g/mol. The Morgan fingerprint density at radius 2 is 1.93 bits per heavy atom. The van der Waals surface area contributed by atoms with Crippen molar-refractivity contribution < 1.29 is 14.3 Å². The van der Waals surface area contributed by atoms with Crippen LogP contribution in [0.1, 0.15) is 18.5 Å². The van der Waals surface area contributed by atoms with Crippen molar-refractivity contribution in [2.75, 3.05) is 6.61 Å². The van der Waals surface area contributed by atoms with Gasteiger partial charge in [0.25, 0.3) is 0 Å². The van der Waals surface area contributed by atoms with Crippen LogP contribution >= 0.6 is 45.9 Å². The minimum atomic E-state index is -0.329. The standard InChI is InChI=1S/C19H17Cl2N3O3S2/c20-13-3-4-16(15(21)8-13)27-6-1-2-17(25)23-24-18(26)9-14-11-29-19(22-14)12-5-7-28-10-12/h3-5,7-8,10-11H,1-2,6,9H2,(H,23,25)(H,24,26). The Hall–Kier alpha value is -2.13. The molecule has 0 aliphatic heterocycles. The number of nitrogens with one attached hydrogen (secondary N) is 2. The fourth-order valence-corrected chi connectivity index (χ4v) is 4.32. The Balaban J connectivity index is 1.33. The molecule has 0 spiro atoms. The van der Waals surface area contributed by atoms with Gasteiger partial charge in [0.05, 0.1) is 23.7 Å². The van der Waals surface area contributed by atoms with E-state index in [-0.39, 0.29) is 24.7 Å². The lowest BCUT2D eigenvalue weighted by atomic mass is 10.3. The van der Waals surface area contributed by atoms with Crippen LogP contribution in [0.3, 0.4) is 0 Å². The van der Waals surface area contributed by atoms with Crippen LogP contribution in [0.4, 0.5) is 0 Å². The highest BCUT2D eigenvalue weighted by Gasteiger charge is 2.10. The highest BCUT2D eigenvalue weighted by atomic mass is 35.5. The van der Waals surface area contributed by atoms with E-state index in [1.165, 1.54) is 11.3 Å². The summed E-state index contributed by atoms with van der Waals surface area (Å²) in [6, 6.07) is 6.93. The minimum absolute atomic E-state index is 0.0963. The lowest BCUT2D eigenvalue weighted by molar-refractivity contribution is -0.128. The number of aromatic nitrogens is 1. The maximum absolute atomic E-state index is 12.0. The van der Waals surface area contributed by atoms with Crippen molar-refractivity contribution in [1.82, 2.24) is 15.8 Å². The van der Waals surface area contributed by atoms with Crippen LogP contribution in [0.2, 0.25) is 10.0 Å². The number of nitrogens with zero attached hydrogens (tertiary/aromatic N) is 1. The first-order valence-corrected chi connectivity index (χ1v) is 11.2. The molecule has 0 unspecified atom stereocenters. The number of amides is 2. The normalized spacial score (nSPS) is 10.6. The number of hydrogen-bond donors (Lipinski definition) is 2. The maximum atomic E-state index is 12.0. The summed E-state index contributed by atoms with van der Waals surface area (Å²) in [7, 11) is 0. The lowest BCUT2D eigenvalue weighted by Crippen LogP contribution is -2.42. The van der Waals surface area contributed by atoms with Crippen LogP contribution in [0.5, 0.6) is 5.75 Å². The molecule has 2 heterocycles. The molecule has 3 aromatic rings. The van der Waals surface area contributed by atoms with Gasteiger partial charge in [0.2, 0.25) is 11.8 Å². The fraction of sp³-hybridized carbons (Fsp3) is 0.211. The number of hydrazine groups is 1. The van der Waals surface area contributed by atoms with Gasteiger partial charge in [-0.15, -0.1) is 11.3 Å². The van der Waals surface area contributed by atoms with Crippen molar-refractivity contribution in [2.45, 2.75) is 19.3 Å². The van der Waals surface area contributed by atoms with Gasteiger partial charge >= 0.3 is 0 Å². The van der Waals surface area contributed by atoms with Gasteiger partial charge in [0.15, 0.2) is 0 Å². The van der Waals surface area contributed by atoms with Crippen molar-refractivity contribution in [2.24, 2.45) is 0 Å². The predicted molar refractivity (Wildman–Crippen MR) is 117 cm³/mol. The van der Waals surface area contributed by atoms with E-state index in [1.54, 1.807) is 29.5 Å². The highest BCUT2D eigenvalue weighted by Crippen LogP contribution is 2.27. The SMILES string of the molecule is O=C(CCCOc1ccc(Cl)cc1Cl)NNC(=O)Cc1csc(-c2ccsc2)n1. The van der Waals surface area contributed by atoms with Gasteiger partial charge in [-0.3, -0.25) is 20.4 Å². The van der Waals surface area contributed by atoms with Crippen molar-refractivity contribution in [3.8, 4) is 16.3 Å². The van der Waals surface area contributed by atoms with Crippen LogP contribution in [-0.2, 0) is 16.0 Å². The molecule has 3 rings (SSSR count). The van der Waals surface area contributed by atoms with Gasteiger partial charge in [0.1, 0.15) is 10.8 Å². The molecule has 0 radical (unpaired) electrons. The summed E-state index contributed by atoms with van der Waals surface area (Å²) in [5.74, 6) is -0.124. The third kappa shape index (κ3) is 6.71. The zero-order valence-corrected chi connectivity index (χ0v) is 18.3. The third-order valence-corrected chi connectivity index (χ3v) is 5.86. The molecule has 0 aliphatic carbocycles. The second-order valence-corrected chi connectivity index (χ2v) is 8.44. The number of benzene rings is 1. The number of rotatable bonds is 8. The molecule has 152 valence electrons. The molecule has 10 heteroatoms. The molecule has 1 aromatic carbocycles. The van der Waals surface area contributed by atoms with Crippen molar-refractivity contribution in [3.05, 3.63) is 56.1 Å². The number of ether oxygens (including phenoxy) is 1. The number of carbonyl (C=O) groups is 2. The van der Waals surface area contributed by atoms with Crippen LogP contribution in [-0.4, -0.2) is 23.4 Å². The second-order valence-electron chi connectivity index (χ2n) is 5.96. The first kappa shape index (κ1) is 21.6. The number of hydrogen-bond acceptors (Lipinski definition) is 6. The Morgan fingerprint density at radius 3 is 2.69 bits per heavy atom. The van der Waals surface area contributed by atoms with Crippen molar-refractivity contribution in [3.63, 3.8) is 0 Å².